The molecule has 1 N–H and O–H groups in total. The quantitative estimate of drug-likeness (QED) is 0.751. The molecule has 3 aromatic rings. The molecule has 0 bridgehead atoms. The third-order valence-electron chi connectivity index (χ3n) is 2.69. The maximum atomic E-state index is 5.93. The average Bonchev–Trinajstić information content (AvgIpc) is 2.72. The van der Waals surface area contributed by atoms with Gasteiger partial charge < -0.3 is 4.98 Å². The maximum Gasteiger partial charge on any atom is 0.142 e. The van der Waals surface area contributed by atoms with Gasteiger partial charge in [-0.2, -0.15) is 0 Å². The number of aromatic amines is 1. The van der Waals surface area contributed by atoms with Gasteiger partial charge in [0.2, 0.25) is 0 Å². The minimum atomic E-state index is 0.592. The maximum absolute atomic E-state index is 5.93. The fourth-order valence-electron chi connectivity index (χ4n) is 1.89. The molecule has 0 aliphatic heterocycles. The number of benzene rings is 1. The van der Waals surface area contributed by atoms with Crippen molar-refractivity contribution in [2.75, 3.05) is 0 Å². The van der Waals surface area contributed by atoms with Gasteiger partial charge >= 0.3 is 0 Å². The lowest BCUT2D eigenvalue weighted by Gasteiger charge is -2.01. The smallest absolute Gasteiger partial charge is 0.142 e. The van der Waals surface area contributed by atoms with Gasteiger partial charge in [-0.3, -0.25) is 0 Å². The van der Waals surface area contributed by atoms with Crippen molar-refractivity contribution in [1.82, 2.24) is 15.0 Å². The Morgan fingerprint density at radius 1 is 1.12 bits per heavy atom. The van der Waals surface area contributed by atoms with E-state index in [0.29, 0.717) is 5.15 Å². The van der Waals surface area contributed by atoms with Crippen molar-refractivity contribution < 1.29 is 0 Å². The van der Waals surface area contributed by atoms with Crippen molar-refractivity contribution >= 4 is 22.6 Å². The first-order valence-electron chi connectivity index (χ1n) is 5.35. The zero-order valence-electron chi connectivity index (χ0n) is 9.02. The normalized spacial score (nSPS) is 10.9. The summed E-state index contributed by atoms with van der Waals surface area (Å²) in [6.45, 7) is 0. The molecule has 1 aromatic carbocycles. The standard InChI is InChI=1S/C13H10ClN3/c14-12-7-10-11(15-8-16-13(10)17-12)6-9-4-2-1-3-5-9/h1-5,7-8H,6H2,(H,15,16,17). The monoisotopic (exact) mass is 243 g/mol. The van der Waals surface area contributed by atoms with Crippen LogP contribution in [0.25, 0.3) is 11.0 Å². The van der Waals surface area contributed by atoms with E-state index in [4.69, 9.17) is 11.6 Å². The first-order chi connectivity index (χ1) is 8.33. The van der Waals surface area contributed by atoms with Gasteiger partial charge in [-0.15, -0.1) is 0 Å². The third kappa shape index (κ3) is 2.01. The summed E-state index contributed by atoms with van der Waals surface area (Å²) in [4.78, 5) is 11.5. The van der Waals surface area contributed by atoms with Crippen LogP contribution in [0.2, 0.25) is 5.15 Å². The van der Waals surface area contributed by atoms with Crippen molar-refractivity contribution in [3.8, 4) is 0 Å². The molecule has 0 aliphatic rings. The van der Waals surface area contributed by atoms with Crippen LogP contribution in [-0.2, 0) is 6.42 Å². The van der Waals surface area contributed by atoms with Gasteiger partial charge in [0, 0.05) is 11.8 Å². The molecule has 0 spiro atoms. The Morgan fingerprint density at radius 3 is 2.76 bits per heavy atom. The summed E-state index contributed by atoms with van der Waals surface area (Å²) in [5.74, 6) is 0. The number of nitrogens with one attached hydrogen (secondary N) is 1. The second kappa shape index (κ2) is 4.18. The Bertz CT molecular complexity index is 646. The van der Waals surface area contributed by atoms with E-state index in [1.54, 1.807) is 6.33 Å². The number of halogens is 1. The molecule has 0 radical (unpaired) electrons. The van der Waals surface area contributed by atoms with Crippen LogP contribution in [0.3, 0.4) is 0 Å². The van der Waals surface area contributed by atoms with E-state index in [9.17, 15) is 0 Å². The summed E-state index contributed by atoms with van der Waals surface area (Å²) in [6, 6.07) is 12.1. The minimum Gasteiger partial charge on any atom is -0.330 e. The topological polar surface area (TPSA) is 41.6 Å². The van der Waals surface area contributed by atoms with Crippen LogP contribution in [0, 0.1) is 0 Å². The highest BCUT2D eigenvalue weighted by Gasteiger charge is 2.07. The van der Waals surface area contributed by atoms with Gasteiger partial charge in [0.25, 0.3) is 0 Å². The van der Waals surface area contributed by atoms with Crippen molar-refractivity contribution in [3.63, 3.8) is 0 Å². The summed E-state index contributed by atoms with van der Waals surface area (Å²) < 4.78 is 0. The fourth-order valence-corrected chi connectivity index (χ4v) is 2.09. The second-order valence-electron chi connectivity index (χ2n) is 3.86. The highest BCUT2D eigenvalue weighted by atomic mass is 35.5. The molecule has 4 heteroatoms. The van der Waals surface area contributed by atoms with Gasteiger partial charge in [-0.1, -0.05) is 41.9 Å². The predicted molar refractivity (Wildman–Crippen MR) is 68.1 cm³/mol. The number of hydrogen-bond acceptors (Lipinski definition) is 2. The summed E-state index contributed by atoms with van der Waals surface area (Å²) in [5, 5.41) is 1.58. The molecule has 0 unspecified atom stereocenters. The van der Waals surface area contributed by atoms with Gasteiger partial charge in [0.1, 0.15) is 17.1 Å². The summed E-state index contributed by atoms with van der Waals surface area (Å²) >= 11 is 5.93. The SMILES string of the molecule is Clc1cc2c(Cc3ccccc3)ncnc2[nH]1. The lowest BCUT2D eigenvalue weighted by Crippen LogP contribution is -1.93. The van der Waals surface area contributed by atoms with Gasteiger partial charge in [-0.05, 0) is 11.6 Å². The number of fused-ring (bicyclic) bond motifs is 1. The second-order valence-corrected chi connectivity index (χ2v) is 4.27. The molecule has 0 aliphatic carbocycles. The number of rotatable bonds is 2. The van der Waals surface area contributed by atoms with Crippen LogP contribution in [0.4, 0.5) is 0 Å². The van der Waals surface area contributed by atoms with Crippen LogP contribution in [0.15, 0.2) is 42.7 Å². The Kier molecular flexibility index (Phi) is 2.53. The highest BCUT2D eigenvalue weighted by Crippen LogP contribution is 2.21. The first kappa shape index (κ1) is 10.3. The van der Waals surface area contributed by atoms with Crippen LogP contribution in [-0.4, -0.2) is 15.0 Å². The van der Waals surface area contributed by atoms with Crippen LogP contribution in [0.5, 0.6) is 0 Å². The van der Waals surface area contributed by atoms with Crippen molar-refractivity contribution in [1.29, 1.82) is 0 Å². The predicted octanol–water partition coefficient (Wildman–Crippen LogP) is 3.20. The molecule has 0 amide bonds. The van der Waals surface area contributed by atoms with Gasteiger partial charge in [-0.25, -0.2) is 9.97 Å². The largest absolute Gasteiger partial charge is 0.330 e. The van der Waals surface area contributed by atoms with E-state index in [-0.39, 0.29) is 0 Å². The zero-order valence-corrected chi connectivity index (χ0v) is 9.78. The minimum absolute atomic E-state index is 0.592. The molecule has 2 heterocycles. The Morgan fingerprint density at radius 2 is 1.94 bits per heavy atom. The number of aromatic nitrogens is 3. The molecule has 0 atom stereocenters. The molecule has 3 rings (SSSR count). The van der Waals surface area contributed by atoms with E-state index in [0.717, 1.165) is 23.1 Å². The molecule has 0 saturated carbocycles. The Balaban J connectivity index is 2.06. The molecular weight excluding hydrogens is 234 g/mol. The molecule has 0 saturated heterocycles. The third-order valence-corrected chi connectivity index (χ3v) is 2.89. The zero-order chi connectivity index (χ0) is 11.7. The molecule has 3 nitrogen and oxygen atoms in total. The molecular formula is C13H10ClN3. The number of hydrogen-bond donors (Lipinski definition) is 1. The number of nitrogens with zero attached hydrogens (tertiary/aromatic N) is 2. The number of H-pyrrole nitrogens is 1. The van der Waals surface area contributed by atoms with Crippen LogP contribution in [0.1, 0.15) is 11.3 Å². The van der Waals surface area contributed by atoms with Crippen LogP contribution < -0.4 is 0 Å². The lowest BCUT2D eigenvalue weighted by molar-refractivity contribution is 1.06. The Labute approximate surface area is 103 Å². The highest BCUT2D eigenvalue weighted by molar-refractivity contribution is 6.30. The summed E-state index contributed by atoms with van der Waals surface area (Å²) in [5.41, 5.74) is 3.00. The summed E-state index contributed by atoms with van der Waals surface area (Å²) in [6.07, 6.45) is 2.35. The molecule has 2 aromatic heterocycles. The van der Waals surface area contributed by atoms with Crippen LogP contribution >= 0.6 is 11.6 Å². The molecule has 0 fully saturated rings. The van der Waals surface area contributed by atoms with E-state index >= 15 is 0 Å². The van der Waals surface area contributed by atoms with E-state index in [1.807, 2.05) is 24.3 Å². The van der Waals surface area contributed by atoms with E-state index < -0.39 is 0 Å². The van der Waals surface area contributed by atoms with E-state index in [2.05, 4.69) is 27.1 Å². The van der Waals surface area contributed by atoms with Crippen molar-refractivity contribution in [2.24, 2.45) is 0 Å². The summed E-state index contributed by atoms with van der Waals surface area (Å²) in [7, 11) is 0. The van der Waals surface area contributed by atoms with E-state index in [1.165, 1.54) is 5.56 Å². The van der Waals surface area contributed by atoms with Crippen molar-refractivity contribution in [3.05, 3.63) is 59.1 Å². The fraction of sp³-hybridized carbons (Fsp3) is 0.0769. The molecule has 17 heavy (non-hydrogen) atoms. The van der Waals surface area contributed by atoms with Gasteiger partial charge in [0.05, 0.1) is 5.69 Å². The average molecular weight is 244 g/mol. The van der Waals surface area contributed by atoms with Gasteiger partial charge in [0.15, 0.2) is 0 Å². The molecule has 84 valence electrons. The van der Waals surface area contributed by atoms with Crippen molar-refractivity contribution in [2.45, 2.75) is 6.42 Å². The lowest BCUT2D eigenvalue weighted by atomic mass is 10.1. The Hall–Kier alpha value is -1.87. The first-order valence-corrected chi connectivity index (χ1v) is 5.73.